The van der Waals surface area contributed by atoms with Crippen LogP contribution in [0.5, 0.6) is 0 Å². The van der Waals surface area contributed by atoms with Crippen LogP contribution in [0.4, 0.5) is 4.39 Å². The van der Waals surface area contributed by atoms with Gasteiger partial charge < -0.3 is 5.32 Å². The molecule has 0 aromatic heterocycles. The van der Waals surface area contributed by atoms with E-state index < -0.39 is 0 Å². The quantitative estimate of drug-likeness (QED) is 0.890. The highest BCUT2D eigenvalue weighted by molar-refractivity contribution is 8.01. The number of amides is 1. The van der Waals surface area contributed by atoms with Crippen molar-refractivity contribution in [2.75, 3.05) is 12.3 Å². The Bertz CT molecular complexity index is 401. The number of rotatable bonds is 5. The summed E-state index contributed by atoms with van der Waals surface area (Å²) < 4.78 is 13.4. The average Bonchev–Trinajstić information content (AvgIpc) is 2.28. The van der Waals surface area contributed by atoms with Crippen LogP contribution in [0.15, 0.2) is 24.3 Å². The lowest BCUT2D eigenvalue weighted by Gasteiger charge is -2.16. The zero-order chi connectivity index (χ0) is 13.6. The normalized spacial score (nSPS) is 11.3. The zero-order valence-corrected chi connectivity index (χ0v) is 11.9. The topological polar surface area (TPSA) is 29.1 Å². The van der Waals surface area contributed by atoms with Crippen molar-refractivity contribution in [2.45, 2.75) is 31.9 Å². The second-order valence-electron chi connectivity index (χ2n) is 5.09. The fourth-order valence-corrected chi connectivity index (χ4v) is 2.04. The molecule has 0 fully saturated rings. The Morgan fingerprint density at radius 2 is 2.00 bits per heavy atom. The van der Waals surface area contributed by atoms with Gasteiger partial charge in [-0.25, -0.2) is 4.39 Å². The number of carbonyl (C=O) groups excluding carboxylic acids is 1. The largest absolute Gasteiger partial charge is 0.355 e. The van der Waals surface area contributed by atoms with Crippen LogP contribution < -0.4 is 5.32 Å². The van der Waals surface area contributed by atoms with Gasteiger partial charge in [-0.3, -0.25) is 4.79 Å². The Balaban J connectivity index is 2.26. The number of halogens is 1. The Morgan fingerprint density at radius 1 is 1.33 bits per heavy atom. The monoisotopic (exact) mass is 269 g/mol. The first-order valence-electron chi connectivity index (χ1n) is 6.02. The van der Waals surface area contributed by atoms with Crippen molar-refractivity contribution in [2.24, 2.45) is 0 Å². The molecule has 0 aliphatic heterocycles. The van der Waals surface area contributed by atoms with Gasteiger partial charge in [-0.05, 0) is 18.1 Å². The molecule has 4 heteroatoms. The number of hydrogen-bond acceptors (Lipinski definition) is 2. The summed E-state index contributed by atoms with van der Waals surface area (Å²) in [5, 5.41) is 2.80. The van der Waals surface area contributed by atoms with Gasteiger partial charge in [0.25, 0.3) is 0 Å². The van der Waals surface area contributed by atoms with Gasteiger partial charge in [0.1, 0.15) is 5.82 Å². The van der Waals surface area contributed by atoms with Crippen molar-refractivity contribution in [3.8, 4) is 0 Å². The maximum Gasteiger partial charge on any atom is 0.230 e. The second-order valence-corrected chi connectivity index (χ2v) is 6.89. The molecule has 0 heterocycles. The van der Waals surface area contributed by atoms with Crippen molar-refractivity contribution in [1.82, 2.24) is 5.32 Å². The van der Waals surface area contributed by atoms with E-state index in [2.05, 4.69) is 26.1 Å². The SMILES string of the molecule is CC(C)(C)SCC(=O)NCCc1ccccc1F. The van der Waals surface area contributed by atoms with E-state index >= 15 is 0 Å². The summed E-state index contributed by atoms with van der Waals surface area (Å²) in [7, 11) is 0. The van der Waals surface area contributed by atoms with Crippen LogP contribution in [-0.4, -0.2) is 23.0 Å². The number of benzene rings is 1. The Kier molecular flexibility index (Phi) is 5.66. The van der Waals surface area contributed by atoms with E-state index in [1.807, 2.05) is 0 Å². The van der Waals surface area contributed by atoms with Crippen molar-refractivity contribution >= 4 is 17.7 Å². The molecule has 0 bridgehead atoms. The Labute approximate surface area is 112 Å². The minimum atomic E-state index is -0.212. The molecule has 1 aromatic rings. The highest BCUT2D eigenvalue weighted by Crippen LogP contribution is 2.22. The third-order valence-corrected chi connectivity index (χ3v) is 3.58. The molecule has 2 nitrogen and oxygen atoms in total. The molecule has 0 aliphatic rings. The molecule has 0 unspecified atom stereocenters. The standard InChI is InChI=1S/C14H20FNOS/c1-14(2,3)18-10-13(17)16-9-8-11-6-4-5-7-12(11)15/h4-7H,8-10H2,1-3H3,(H,16,17). The number of carbonyl (C=O) groups is 1. The highest BCUT2D eigenvalue weighted by Gasteiger charge is 2.13. The predicted molar refractivity (Wildman–Crippen MR) is 75.3 cm³/mol. The molecule has 1 aromatic carbocycles. The van der Waals surface area contributed by atoms with E-state index in [0.29, 0.717) is 24.3 Å². The number of nitrogens with one attached hydrogen (secondary N) is 1. The van der Waals surface area contributed by atoms with E-state index in [0.717, 1.165) is 0 Å². The van der Waals surface area contributed by atoms with Crippen molar-refractivity contribution in [3.05, 3.63) is 35.6 Å². The summed E-state index contributed by atoms with van der Waals surface area (Å²) in [6, 6.07) is 6.64. The molecule has 0 spiro atoms. The summed E-state index contributed by atoms with van der Waals surface area (Å²) in [4.78, 5) is 11.5. The second kappa shape index (κ2) is 6.78. The third-order valence-electron chi connectivity index (χ3n) is 2.31. The summed E-state index contributed by atoms with van der Waals surface area (Å²) in [5.74, 6) is 0.239. The maximum absolute atomic E-state index is 13.3. The van der Waals surface area contributed by atoms with Gasteiger partial charge in [-0.1, -0.05) is 39.0 Å². The fraction of sp³-hybridized carbons (Fsp3) is 0.500. The molecule has 0 saturated carbocycles. The molecule has 1 rings (SSSR count). The lowest BCUT2D eigenvalue weighted by Crippen LogP contribution is -2.29. The molecule has 18 heavy (non-hydrogen) atoms. The molecular weight excluding hydrogens is 249 g/mol. The van der Waals surface area contributed by atoms with E-state index in [-0.39, 0.29) is 16.5 Å². The van der Waals surface area contributed by atoms with E-state index in [9.17, 15) is 9.18 Å². The molecule has 1 amide bonds. The van der Waals surface area contributed by atoms with Gasteiger partial charge in [0.2, 0.25) is 5.91 Å². The molecule has 0 atom stereocenters. The van der Waals surface area contributed by atoms with Crippen LogP contribution in [0, 0.1) is 5.82 Å². The van der Waals surface area contributed by atoms with Gasteiger partial charge in [0, 0.05) is 11.3 Å². The predicted octanol–water partition coefficient (Wildman–Crippen LogP) is 3.02. The first kappa shape index (κ1) is 15.0. The molecule has 0 aliphatic carbocycles. The minimum Gasteiger partial charge on any atom is -0.355 e. The molecule has 0 radical (unpaired) electrons. The third kappa shape index (κ3) is 6.05. The van der Waals surface area contributed by atoms with Crippen LogP contribution in [0.1, 0.15) is 26.3 Å². The molecule has 100 valence electrons. The van der Waals surface area contributed by atoms with E-state index in [1.165, 1.54) is 6.07 Å². The highest BCUT2D eigenvalue weighted by atomic mass is 32.2. The smallest absolute Gasteiger partial charge is 0.230 e. The van der Waals surface area contributed by atoms with E-state index in [1.54, 1.807) is 30.0 Å². The molecule has 1 N–H and O–H groups in total. The number of thioether (sulfide) groups is 1. The summed E-state index contributed by atoms with van der Waals surface area (Å²) in [5.41, 5.74) is 0.640. The first-order valence-corrected chi connectivity index (χ1v) is 7.01. The van der Waals surface area contributed by atoms with Gasteiger partial charge in [0.15, 0.2) is 0 Å². The van der Waals surface area contributed by atoms with Gasteiger partial charge >= 0.3 is 0 Å². The maximum atomic E-state index is 13.3. The minimum absolute atomic E-state index is 0.00580. The lowest BCUT2D eigenvalue weighted by atomic mass is 10.1. The van der Waals surface area contributed by atoms with Crippen molar-refractivity contribution in [1.29, 1.82) is 0 Å². The summed E-state index contributed by atoms with van der Waals surface area (Å²) >= 11 is 1.60. The van der Waals surface area contributed by atoms with Gasteiger partial charge in [-0.15, -0.1) is 11.8 Å². The molecular formula is C14H20FNOS. The Morgan fingerprint density at radius 3 is 2.61 bits per heavy atom. The Hall–Kier alpha value is -1.03. The molecule has 0 saturated heterocycles. The summed E-state index contributed by atoms with van der Waals surface area (Å²) in [6.07, 6.45) is 0.526. The van der Waals surface area contributed by atoms with Crippen molar-refractivity contribution in [3.63, 3.8) is 0 Å². The van der Waals surface area contributed by atoms with Crippen molar-refractivity contribution < 1.29 is 9.18 Å². The van der Waals surface area contributed by atoms with Gasteiger partial charge in [-0.2, -0.15) is 0 Å². The van der Waals surface area contributed by atoms with Gasteiger partial charge in [0.05, 0.1) is 5.75 Å². The van der Waals surface area contributed by atoms with E-state index in [4.69, 9.17) is 0 Å². The van der Waals surface area contributed by atoms with Crippen LogP contribution >= 0.6 is 11.8 Å². The van der Waals surface area contributed by atoms with Crippen LogP contribution in [0.3, 0.4) is 0 Å². The zero-order valence-electron chi connectivity index (χ0n) is 11.1. The van der Waals surface area contributed by atoms with Crippen LogP contribution in [-0.2, 0) is 11.2 Å². The lowest BCUT2D eigenvalue weighted by molar-refractivity contribution is -0.118. The summed E-state index contributed by atoms with van der Waals surface area (Å²) in [6.45, 7) is 6.70. The van der Waals surface area contributed by atoms with Crippen LogP contribution in [0.2, 0.25) is 0 Å². The first-order chi connectivity index (χ1) is 8.38. The van der Waals surface area contributed by atoms with Crippen LogP contribution in [0.25, 0.3) is 0 Å². The fourth-order valence-electron chi connectivity index (χ4n) is 1.37. The number of hydrogen-bond donors (Lipinski definition) is 1. The average molecular weight is 269 g/mol.